The quantitative estimate of drug-likeness (QED) is 0.828. The lowest BCUT2D eigenvalue weighted by Gasteiger charge is -2.05. The summed E-state index contributed by atoms with van der Waals surface area (Å²) < 4.78 is 0. The lowest BCUT2D eigenvalue weighted by molar-refractivity contribution is -0.114. The first kappa shape index (κ1) is 15.3. The maximum absolute atomic E-state index is 11.4. The van der Waals surface area contributed by atoms with Crippen LogP contribution >= 0.6 is 34.5 Å². The normalized spacial score (nSPS) is 11.1. The topological polar surface area (TPSA) is 42.0 Å². The Morgan fingerprint density at radius 2 is 1.90 bits per heavy atom. The van der Waals surface area contributed by atoms with Gasteiger partial charge < -0.3 is 0 Å². The fourth-order valence-electron chi connectivity index (χ4n) is 1.66. The van der Waals surface area contributed by atoms with Gasteiger partial charge in [-0.05, 0) is 11.5 Å². The summed E-state index contributed by atoms with van der Waals surface area (Å²) in [6.45, 7) is 4.31. The number of halogens is 2. The van der Waals surface area contributed by atoms with Crippen LogP contribution in [0.25, 0.3) is 11.3 Å². The van der Waals surface area contributed by atoms with Crippen molar-refractivity contribution in [3.05, 3.63) is 35.2 Å². The molecule has 0 aliphatic heterocycles. The zero-order valence-electron chi connectivity index (χ0n) is 11.1. The largest absolute Gasteiger partial charge is 0.300 e. The van der Waals surface area contributed by atoms with E-state index in [9.17, 15) is 4.79 Å². The summed E-state index contributed by atoms with van der Waals surface area (Å²) in [6, 6.07) is 8.24. The monoisotopic (exact) mass is 328 g/mol. The highest BCUT2D eigenvalue weighted by Crippen LogP contribution is 2.26. The van der Waals surface area contributed by atoms with Crippen molar-refractivity contribution in [1.82, 2.24) is 4.98 Å². The summed E-state index contributed by atoms with van der Waals surface area (Å²) in [4.78, 5) is 14.6. The smallest absolute Gasteiger partial charge is 0.259 e. The third-order valence-electron chi connectivity index (χ3n) is 2.81. The second kappa shape index (κ2) is 6.57. The number of hydrogen-bond donors (Lipinski definition) is 1. The Morgan fingerprint density at radius 1 is 1.25 bits per heavy atom. The molecular weight excluding hydrogens is 315 g/mol. The molecule has 1 N–H and O–H groups in total. The molecule has 0 saturated carbocycles. The van der Waals surface area contributed by atoms with Crippen molar-refractivity contribution in [3.8, 4) is 11.3 Å². The molecule has 0 spiro atoms. The summed E-state index contributed by atoms with van der Waals surface area (Å²) in [5.74, 6) is 0.0306. The number of benzene rings is 1. The van der Waals surface area contributed by atoms with Gasteiger partial charge in [0.25, 0.3) is 5.91 Å². The third kappa shape index (κ3) is 3.72. The van der Waals surface area contributed by atoms with Gasteiger partial charge >= 0.3 is 0 Å². The molecule has 0 unspecified atom stereocenters. The second-order valence-corrected chi connectivity index (χ2v) is 6.56. The van der Waals surface area contributed by atoms with Crippen molar-refractivity contribution >= 4 is 45.6 Å². The molecule has 106 valence electrons. The Kier molecular flexibility index (Phi) is 5.02. The molecule has 2 aromatic rings. The van der Waals surface area contributed by atoms with E-state index in [2.05, 4.69) is 36.3 Å². The highest BCUT2D eigenvalue weighted by atomic mass is 35.5. The zero-order valence-corrected chi connectivity index (χ0v) is 13.4. The van der Waals surface area contributed by atoms with E-state index in [1.807, 2.05) is 17.5 Å². The van der Waals surface area contributed by atoms with Gasteiger partial charge in [0, 0.05) is 10.9 Å². The fourth-order valence-corrected chi connectivity index (χ4v) is 2.49. The van der Waals surface area contributed by atoms with Gasteiger partial charge in [-0.2, -0.15) is 0 Å². The minimum Gasteiger partial charge on any atom is -0.300 e. The Balaban J connectivity index is 2.14. The number of nitrogens with one attached hydrogen (secondary N) is 1. The van der Waals surface area contributed by atoms with E-state index < -0.39 is 10.7 Å². The van der Waals surface area contributed by atoms with E-state index in [-0.39, 0.29) is 0 Å². The van der Waals surface area contributed by atoms with Crippen LogP contribution in [0, 0.1) is 0 Å². The van der Waals surface area contributed by atoms with E-state index in [0.717, 1.165) is 11.3 Å². The molecule has 1 aromatic heterocycles. The third-order valence-corrected chi connectivity index (χ3v) is 3.96. The maximum Gasteiger partial charge on any atom is 0.259 e. The van der Waals surface area contributed by atoms with Crippen LogP contribution in [0.15, 0.2) is 29.6 Å². The first-order chi connectivity index (χ1) is 9.47. The van der Waals surface area contributed by atoms with Crippen LogP contribution in [-0.4, -0.2) is 15.7 Å². The predicted octanol–water partition coefficient (Wildman–Crippen LogP) is 4.68. The van der Waals surface area contributed by atoms with Gasteiger partial charge in [-0.25, -0.2) is 4.98 Å². The predicted molar refractivity (Wildman–Crippen MR) is 85.8 cm³/mol. The SMILES string of the molecule is CC(C)c1ccc(-c2csc(NC(=O)C(Cl)Cl)n2)cc1. The Labute approximate surface area is 131 Å². The number of nitrogens with zero attached hydrogens (tertiary/aromatic N) is 1. The van der Waals surface area contributed by atoms with Gasteiger partial charge in [-0.1, -0.05) is 61.3 Å². The maximum atomic E-state index is 11.4. The average Bonchev–Trinajstić information content (AvgIpc) is 2.87. The molecule has 0 atom stereocenters. The van der Waals surface area contributed by atoms with E-state index in [1.165, 1.54) is 16.9 Å². The molecule has 3 nitrogen and oxygen atoms in total. The number of carbonyl (C=O) groups excluding carboxylic acids is 1. The molecule has 0 saturated heterocycles. The van der Waals surface area contributed by atoms with E-state index in [1.54, 1.807) is 0 Å². The Hall–Kier alpha value is -1.10. The van der Waals surface area contributed by atoms with Crippen molar-refractivity contribution in [2.75, 3.05) is 5.32 Å². The molecule has 1 aromatic carbocycles. The molecule has 1 heterocycles. The van der Waals surface area contributed by atoms with Gasteiger partial charge in [0.1, 0.15) is 0 Å². The average molecular weight is 329 g/mol. The van der Waals surface area contributed by atoms with Gasteiger partial charge in [0.15, 0.2) is 9.97 Å². The van der Waals surface area contributed by atoms with Gasteiger partial charge in [-0.3, -0.25) is 10.1 Å². The minimum absolute atomic E-state index is 0.468. The zero-order chi connectivity index (χ0) is 14.7. The van der Waals surface area contributed by atoms with Gasteiger partial charge in [-0.15, -0.1) is 11.3 Å². The second-order valence-electron chi connectivity index (χ2n) is 4.60. The molecule has 0 aliphatic rings. The van der Waals surface area contributed by atoms with Crippen LogP contribution in [-0.2, 0) is 4.79 Å². The molecule has 0 fully saturated rings. The van der Waals surface area contributed by atoms with Crippen molar-refractivity contribution in [3.63, 3.8) is 0 Å². The molecule has 0 bridgehead atoms. The fraction of sp³-hybridized carbons (Fsp3) is 0.286. The van der Waals surface area contributed by atoms with Crippen LogP contribution < -0.4 is 5.32 Å². The Morgan fingerprint density at radius 3 is 2.45 bits per heavy atom. The summed E-state index contributed by atoms with van der Waals surface area (Å²) >= 11 is 12.3. The number of alkyl halides is 2. The van der Waals surface area contributed by atoms with Crippen molar-refractivity contribution in [2.24, 2.45) is 0 Å². The van der Waals surface area contributed by atoms with E-state index in [4.69, 9.17) is 23.2 Å². The van der Waals surface area contributed by atoms with Gasteiger partial charge in [0.2, 0.25) is 0 Å². The van der Waals surface area contributed by atoms with Crippen molar-refractivity contribution < 1.29 is 4.79 Å². The van der Waals surface area contributed by atoms with Crippen molar-refractivity contribution in [2.45, 2.75) is 24.6 Å². The summed E-state index contributed by atoms with van der Waals surface area (Å²) in [5.41, 5.74) is 3.12. The number of hydrogen-bond acceptors (Lipinski definition) is 3. The number of carbonyl (C=O) groups is 1. The molecule has 20 heavy (non-hydrogen) atoms. The first-order valence-corrected chi connectivity index (χ1v) is 7.87. The molecule has 0 radical (unpaired) electrons. The molecule has 2 rings (SSSR count). The lowest BCUT2D eigenvalue weighted by Crippen LogP contribution is -2.18. The number of amides is 1. The number of aromatic nitrogens is 1. The standard InChI is InChI=1S/C14H14Cl2N2OS/c1-8(2)9-3-5-10(6-4-9)11-7-20-14(17-11)18-13(19)12(15)16/h3-8,12H,1-2H3,(H,17,18,19). The number of thiazole rings is 1. The van der Waals surface area contributed by atoms with Crippen LogP contribution in [0.1, 0.15) is 25.3 Å². The lowest BCUT2D eigenvalue weighted by atomic mass is 10.0. The van der Waals surface area contributed by atoms with Crippen LogP contribution in [0.4, 0.5) is 5.13 Å². The van der Waals surface area contributed by atoms with E-state index in [0.29, 0.717) is 11.0 Å². The summed E-state index contributed by atoms with van der Waals surface area (Å²) in [6.07, 6.45) is 0. The minimum atomic E-state index is -1.09. The molecular formula is C14H14Cl2N2OS. The Bertz CT molecular complexity index is 593. The van der Waals surface area contributed by atoms with E-state index >= 15 is 0 Å². The van der Waals surface area contributed by atoms with Crippen LogP contribution in [0.2, 0.25) is 0 Å². The van der Waals surface area contributed by atoms with Gasteiger partial charge in [0.05, 0.1) is 5.69 Å². The summed E-state index contributed by atoms with van der Waals surface area (Å²) in [7, 11) is 0. The van der Waals surface area contributed by atoms with Crippen LogP contribution in [0.3, 0.4) is 0 Å². The van der Waals surface area contributed by atoms with Crippen LogP contribution in [0.5, 0.6) is 0 Å². The van der Waals surface area contributed by atoms with Crippen molar-refractivity contribution in [1.29, 1.82) is 0 Å². The molecule has 6 heteroatoms. The highest BCUT2D eigenvalue weighted by molar-refractivity contribution is 7.14. The number of anilines is 1. The molecule has 1 amide bonds. The number of rotatable bonds is 4. The highest BCUT2D eigenvalue weighted by Gasteiger charge is 2.13. The first-order valence-electron chi connectivity index (χ1n) is 6.12. The summed E-state index contributed by atoms with van der Waals surface area (Å²) in [5, 5.41) is 4.94. The molecule has 0 aliphatic carbocycles.